The van der Waals surface area contributed by atoms with E-state index in [2.05, 4.69) is 0 Å². The lowest BCUT2D eigenvalue weighted by Crippen LogP contribution is -2.25. The second-order valence-electron chi connectivity index (χ2n) is 2.60. The first kappa shape index (κ1) is 12.7. The molecule has 0 unspecified atom stereocenters. The van der Waals surface area contributed by atoms with Crippen LogP contribution in [-0.2, 0) is 4.79 Å². The average molecular weight is 211 g/mol. The van der Waals surface area contributed by atoms with E-state index < -0.39 is 8.60 Å². The van der Waals surface area contributed by atoms with E-state index in [4.69, 9.17) is 19.9 Å². The summed E-state index contributed by atoms with van der Waals surface area (Å²) in [5.74, 6) is -0.132. The zero-order valence-electron chi connectivity index (χ0n) is 7.13. The largest absolute Gasteiger partial charge is 0.328 e. The van der Waals surface area contributed by atoms with Crippen LogP contribution in [0.2, 0.25) is 0 Å². The Balaban J connectivity index is 0.000000310. The zero-order valence-corrected chi connectivity index (χ0v) is 8.02. The van der Waals surface area contributed by atoms with Crippen molar-refractivity contribution in [3.8, 4) is 0 Å². The van der Waals surface area contributed by atoms with Crippen molar-refractivity contribution >= 4 is 14.5 Å². The number of hydrogen-bond donors (Lipinski definition) is 4. The van der Waals surface area contributed by atoms with Crippen molar-refractivity contribution in [1.82, 2.24) is 5.06 Å². The highest BCUT2D eigenvalue weighted by molar-refractivity contribution is 7.38. The minimum Gasteiger partial charge on any atom is -0.328 e. The van der Waals surface area contributed by atoms with Crippen LogP contribution < -0.4 is 0 Å². The molecule has 0 aromatic carbocycles. The van der Waals surface area contributed by atoms with Crippen molar-refractivity contribution in [2.24, 2.45) is 0 Å². The summed E-state index contributed by atoms with van der Waals surface area (Å²) in [5.41, 5.74) is 0. The van der Waals surface area contributed by atoms with E-state index >= 15 is 0 Å². The Morgan fingerprint density at radius 2 is 1.69 bits per heavy atom. The summed E-state index contributed by atoms with van der Waals surface area (Å²) in [7, 11) is -2.62. The first-order valence-electron chi connectivity index (χ1n) is 3.90. The van der Waals surface area contributed by atoms with Crippen LogP contribution >= 0.6 is 8.60 Å². The molecule has 0 atom stereocenters. The normalized spacial score (nSPS) is 17.9. The fourth-order valence-corrected chi connectivity index (χ4v) is 0.968. The molecule has 6 nitrogen and oxygen atoms in total. The molecule has 1 heterocycles. The number of rotatable bonds is 0. The van der Waals surface area contributed by atoms with Gasteiger partial charge in [-0.3, -0.25) is 10.0 Å². The van der Waals surface area contributed by atoms with Gasteiger partial charge < -0.3 is 14.7 Å². The number of hydrogen-bond acceptors (Lipinski definition) is 5. The molecule has 7 heteroatoms. The predicted octanol–water partition coefficient (Wildman–Crippen LogP) is -0.0316. The van der Waals surface area contributed by atoms with Gasteiger partial charge in [0.25, 0.3) is 0 Å². The molecule has 1 rings (SSSR count). The Morgan fingerprint density at radius 3 is 2.23 bits per heavy atom. The fraction of sp³-hybridized carbons (Fsp3) is 0.833. The first-order valence-corrected chi connectivity index (χ1v) is 5.10. The van der Waals surface area contributed by atoms with Crippen molar-refractivity contribution < 1.29 is 24.7 Å². The van der Waals surface area contributed by atoms with Crippen molar-refractivity contribution in [2.45, 2.75) is 25.7 Å². The van der Waals surface area contributed by atoms with Gasteiger partial charge >= 0.3 is 8.60 Å². The van der Waals surface area contributed by atoms with E-state index in [0.29, 0.717) is 13.0 Å². The third kappa shape index (κ3) is 8.08. The van der Waals surface area contributed by atoms with Crippen LogP contribution in [0.1, 0.15) is 25.7 Å². The maximum absolute atomic E-state index is 10.7. The van der Waals surface area contributed by atoms with Crippen LogP contribution in [0, 0.1) is 0 Å². The SMILES string of the molecule is O=C1CCCCCN1O.OP(O)O. The van der Waals surface area contributed by atoms with Gasteiger partial charge in [0.15, 0.2) is 0 Å². The van der Waals surface area contributed by atoms with E-state index in [9.17, 15) is 4.79 Å². The molecular formula is C6H14NO5P. The molecule has 1 aliphatic rings. The molecule has 0 spiro atoms. The van der Waals surface area contributed by atoms with Crippen LogP contribution in [0.4, 0.5) is 0 Å². The van der Waals surface area contributed by atoms with E-state index in [-0.39, 0.29) is 5.91 Å². The Hall–Kier alpha value is -0.260. The van der Waals surface area contributed by atoms with Gasteiger partial charge in [-0.1, -0.05) is 6.42 Å². The number of nitrogens with zero attached hydrogens (tertiary/aromatic N) is 1. The van der Waals surface area contributed by atoms with Gasteiger partial charge in [0.05, 0.1) is 0 Å². The lowest BCUT2D eigenvalue weighted by molar-refractivity contribution is -0.164. The van der Waals surface area contributed by atoms with Crippen LogP contribution in [0.3, 0.4) is 0 Å². The highest BCUT2D eigenvalue weighted by atomic mass is 31.2. The van der Waals surface area contributed by atoms with Crippen LogP contribution in [0.5, 0.6) is 0 Å². The predicted molar refractivity (Wildman–Crippen MR) is 45.5 cm³/mol. The van der Waals surface area contributed by atoms with Gasteiger partial charge in [-0.25, -0.2) is 5.06 Å². The Morgan fingerprint density at radius 1 is 1.15 bits per heavy atom. The Bertz CT molecular complexity index is 151. The summed E-state index contributed by atoms with van der Waals surface area (Å²) in [6, 6.07) is 0. The van der Waals surface area contributed by atoms with Gasteiger partial charge in [0.1, 0.15) is 0 Å². The van der Waals surface area contributed by atoms with Crippen LogP contribution in [0.15, 0.2) is 0 Å². The first-order chi connectivity index (χ1) is 6.04. The Labute approximate surface area is 77.4 Å². The minimum atomic E-state index is -2.62. The van der Waals surface area contributed by atoms with E-state index in [1.807, 2.05) is 0 Å². The Kier molecular flexibility index (Phi) is 7.03. The van der Waals surface area contributed by atoms with E-state index in [0.717, 1.165) is 24.3 Å². The smallest absolute Gasteiger partial charge is 0.324 e. The molecule has 1 fully saturated rings. The summed E-state index contributed by atoms with van der Waals surface area (Å²) in [6.07, 6.45) is 3.43. The molecule has 78 valence electrons. The molecule has 0 saturated carbocycles. The fourth-order valence-electron chi connectivity index (χ4n) is 0.968. The topological polar surface area (TPSA) is 101 Å². The highest BCUT2D eigenvalue weighted by Crippen LogP contribution is 2.11. The lowest BCUT2D eigenvalue weighted by Gasteiger charge is -2.09. The molecule has 0 aliphatic carbocycles. The average Bonchev–Trinajstić information content (AvgIpc) is 2.16. The van der Waals surface area contributed by atoms with Crippen molar-refractivity contribution in [3.63, 3.8) is 0 Å². The second kappa shape index (κ2) is 7.17. The van der Waals surface area contributed by atoms with Crippen LogP contribution in [0.25, 0.3) is 0 Å². The third-order valence-corrected chi connectivity index (χ3v) is 1.55. The molecular weight excluding hydrogens is 197 g/mol. The standard InChI is InChI=1S/C6H11NO2.H3O3P/c8-6-4-2-1-3-5-7(6)9;1-4(2)3/h9H,1-5H2;1-3H. The molecule has 4 N–H and O–H groups in total. The summed E-state index contributed by atoms with van der Waals surface area (Å²) in [4.78, 5) is 32.4. The minimum absolute atomic E-state index is 0.132. The molecule has 0 aromatic rings. The van der Waals surface area contributed by atoms with Gasteiger partial charge in [0, 0.05) is 13.0 Å². The van der Waals surface area contributed by atoms with E-state index in [1.54, 1.807) is 0 Å². The maximum Gasteiger partial charge on any atom is 0.324 e. The number of amides is 1. The lowest BCUT2D eigenvalue weighted by atomic mass is 10.2. The van der Waals surface area contributed by atoms with Gasteiger partial charge in [-0.2, -0.15) is 0 Å². The van der Waals surface area contributed by atoms with Gasteiger partial charge in [0.2, 0.25) is 5.91 Å². The summed E-state index contributed by atoms with van der Waals surface area (Å²) in [6.45, 7) is 0.513. The molecule has 1 aliphatic heterocycles. The van der Waals surface area contributed by atoms with Crippen molar-refractivity contribution in [1.29, 1.82) is 0 Å². The van der Waals surface area contributed by atoms with Crippen molar-refractivity contribution in [3.05, 3.63) is 0 Å². The van der Waals surface area contributed by atoms with Gasteiger partial charge in [-0.15, -0.1) is 0 Å². The highest BCUT2D eigenvalue weighted by Gasteiger charge is 2.12. The third-order valence-electron chi connectivity index (χ3n) is 1.55. The monoisotopic (exact) mass is 211 g/mol. The zero-order chi connectivity index (χ0) is 10.3. The summed E-state index contributed by atoms with van der Waals surface area (Å²) in [5, 5.41) is 9.67. The van der Waals surface area contributed by atoms with Crippen molar-refractivity contribution in [2.75, 3.05) is 6.54 Å². The molecule has 0 bridgehead atoms. The molecule has 1 amide bonds. The molecule has 1 saturated heterocycles. The number of carbonyl (C=O) groups is 1. The summed E-state index contributed by atoms with van der Waals surface area (Å²) < 4.78 is 0. The maximum atomic E-state index is 10.7. The molecule has 0 radical (unpaired) electrons. The van der Waals surface area contributed by atoms with Crippen LogP contribution in [-0.4, -0.2) is 37.4 Å². The van der Waals surface area contributed by atoms with E-state index in [1.165, 1.54) is 0 Å². The summed E-state index contributed by atoms with van der Waals surface area (Å²) >= 11 is 0. The number of hydroxylamine groups is 2. The molecule has 0 aromatic heterocycles. The second-order valence-corrected chi connectivity index (χ2v) is 3.13. The number of carbonyl (C=O) groups excluding carboxylic acids is 1. The molecule has 13 heavy (non-hydrogen) atoms. The quantitative estimate of drug-likeness (QED) is 0.333. The van der Waals surface area contributed by atoms with Gasteiger partial charge in [-0.05, 0) is 12.8 Å².